The number of hydrogen-bond acceptors (Lipinski definition) is 6. The maximum Gasteiger partial charge on any atom is 0.264 e. The van der Waals surface area contributed by atoms with Gasteiger partial charge in [0.1, 0.15) is 5.60 Å². The minimum atomic E-state index is -0.150. The van der Waals surface area contributed by atoms with E-state index in [2.05, 4.69) is 15.3 Å². The van der Waals surface area contributed by atoms with Gasteiger partial charge in [-0.1, -0.05) is 6.07 Å². The number of likely N-dealkylation sites (tertiary alicyclic amines) is 1. The van der Waals surface area contributed by atoms with Crippen LogP contribution in [0.15, 0.2) is 29.9 Å². The van der Waals surface area contributed by atoms with E-state index in [-0.39, 0.29) is 11.5 Å². The maximum atomic E-state index is 12.4. The van der Waals surface area contributed by atoms with E-state index in [0.717, 1.165) is 36.4 Å². The summed E-state index contributed by atoms with van der Waals surface area (Å²) in [5.41, 5.74) is 0.904. The van der Waals surface area contributed by atoms with Crippen LogP contribution in [0.5, 0.6) is 0 Å². The molecule has 132 valence electrons. The number of carbonyl (C=O) groups excluding carboxylic acids is 1. The first-order chi connectivity index (χ1) is 12.2. The molecule has 0 aliphatic carbocycles. The highest BCUT2D eigenvalue weighted by Gasteiger charge is 2.54. The third-order valence-electron chi connectivity index (χ3n) is 5.09. The molecule has 6 nitrogen and oxygen atoms in total. The quantitative estimate of drug-likeness (QED) is 0.890. The Morgan fingerprint density at radius 1 is 1.44 bits per heavy atom. The standard InChI is InChI=1S/C18H22N4O2S/c1-13-9-20-17(21-10-13)19-6-4-14-5-7-24-18(14)11-22(12-18)16(23)15-3-2-8-25-15/h2-3,8-10,14H,4-7,11-12H2,1H3,(H,19,20,21). The number of nitrogens with one attached hydrogen (secondary N) is 1. The van der Waals surface area contributed by atoms with Crippen LogP contribution in [0.4, 0.5) is 5.95 Å². The number of ether oxygens (including phenoxy) is 1. The molecule has 0 bridgehead atoms. The summed E-state index contributed by atoms with van der Waals surface area (Å²) in [6.07, 6.45) is 5.68. The van der Waals surface area contributed by atoms with E-state index in [9.17, 15) is 4.79 Å². The van der Waals surface area contributed by atoms with Crippen LogP contribution in [-0.2, 0) is 4.74 Å². The molecule has 0 aromatic carbocycles. The summed E-state index contributed by atoms with van der Waals surface area (Å²) >= 11 is 1.50. The topological polar surface area (TPSA) is 67.4 Å². The lowest BCUT2D eigenvalue weighted by molar-refractivity contribution is -0.117. The zero-order valence-corrected chi connectivity index (χ0v) is 15.1. The molecule has 1 atom stereocenters. The molecule has 2 aliphatic heterocycles. The minimum Gasteiger partial charge on any atom is -0.371 e. The molecule has 1 unspecified atom stereocenters. The Morgan fingerprint density at radius 3 is 2.96 bits per heavy atom. The van der Waals surface area contributed by atoms with Gasteiger partial charge >= 0.3 is 0 Å². The lowest BCUT2D eigenvalue weighted by atomic mass is 9.79. The Hall–Kier alpha value is -1.99. The van der Waals surface area contributed by atoms with E-state index in [0.29, 0.717) is 25.0 Å². The fraction of sp³-hybridized carbons (Fsp3) is 0.500. The minimum absolute atomic E-state index is 0.126. The number of carbonyl (C=O) groups is 1. The zero-order chi connectivity index (χ0) is 17.3. The zero-order valence-electron chi connectivity index (χ0n) is 14.3. The first-order valence-corrected chi connectivity index (χ1v) is 9.53. The average molecular weight is 358 g/mol. The maximum absolute atomic E-state index is 12.4. The van der Waals surface area contributed by atoms with E-state index in [1.54, 1.807) is 0 Å². The van der Waals surface area contributed by atoms with Crippen LogP contribution in [0.1, 0.15) is 28.1 Å². The molecule has 2 fully saturated rings. The number of rotatable bonds is 5. The summed E-state index contributed by atoms with van der Waals surface area (Å²) in [5.74, 6) is 1.26. The van der Waals surface area contributed by atoms with E-state index in [1.807, 2.05) is 41.7 Å². The molecule has 0 radical (unpaired) electrons. The number of aryl methyl sites for hydroxylation is 1. The number of hydrogen-bond donors (Lipinski definition) is 1. The van der Waals surface area contributed by atoms with Gasteiger partial charge in [-0.25, -0.2) is 9.97 Å². The third-order valence-corrected chi connectivity index (χ3v) is 5.95. The van der Waals surface area contributed by atoms with Crippen LogP contribution in [0.2, 0.25) is 0 Å². The lowest BCUT2D eigenvalue weighted by Crippen LogP contribution is -2.66. The van der Waals surface area contributed by atoms with Crippen LogP contribution < -0.4 is 5.32 Å². The summed E-state index contributed by atoms with van der Waals surface area (Å²) in [7, 11) is 0. The highest BCUT2D eigenvalue weighted by atomic mass is 32.1. The van der Waals surface area contributed by atoms with Gasteiger partial charge < -0.3 is 15.0 Å². The summed E-state index contributed by atoms with van der Waals surface area (Å²) in [6.45, 7) is 4.98. The van der Waals surface area contributed by atoms with Crippen LogP contribution in [0.25, 0.3) is 0 Å². The molecule has 1 N–H and O–H groups in total. The van der Waals surface area contributed by atoms with E-state index >= 15 is 0 Å². The highest BCUT2D eigenvalue weighted by molar-refractivity contribution is 7.12. The molecule has 4 rings (SSSR count). The Labute approximate surface area is 151 Å². The van der Waals surface area contributed by atoms with Crippen molar-refractivity contribution in [3.63, 3.8) is 0 Å². The van der Waals surface area contributed by atoms with Crippen LogP contribution in [0, 0.1) is 12.8 Å². The Kier molecular flexibility index (Phi) is 4.43. The van der Waals surface area contributed by atoms with Crippen LogP contribution in [0.3, 0.4) is 0 Å². The van der Waals surface area contributed by atoms with E-state index in [4.69, 9.17) is 4.74 Å². The predicted molar refractivity (Wildman–Crippen MR) is 96.9 cm³/mol. The van der Waals surface area contributed by atoms with Crippen molar-refractivity contribution in [2.75, 3.05) is 31.6 Å². The second kappa shape index (κ2) is 6.72. The summed E-state index contributed by atoms with van der Waals surface area (Å²) in [6, 6.07) is 3.80. The van der Waals surface area contributed by atoms with Gasteiger partial charge in [-0.3, -0.25) is 4.79 Å². The van der Waals surface area contributed by atoms with Crippen molar-refractivity contribution in [2.24, 2.45) is 5.92 Å². The van der Waals surface area contributed by atoms with Crippen LogP contribution >= 0.6 is 11.3 Å². The molecular weight excluding hydrogens is 336 g/mol. The van der Waals surface area contributed by atoms with Crippen molar-refractivity contribution >= 4 is 23.2 Å². The normalized spacial score (nSPS) is 21.3. The number of aromatic nitrogens is 2. The number of thiophene rings is 1. The number of nitrogens with zero attached hydrogens (tertiary/aromatic N) is 3. The van der Waals surface area contributed by atoms with Gasteiger partial charge in [-0.2, -0.15) is 0 Å². The largest absolute Gasteiger partial charge is 0.371 e. The predicted octanol–water partition coefficient (Wildman–Crippen LogP) is 2.58. The average Bonchev–Trinajstić information content (AvgIpc) is 3.24. The van der Waals surface area contributed by atoms with Gasteiger partial charge in [0.05, 0.1) is 18.0 Å². The first-order valence-electron chi connectivity index (χ1n) is 8.65. The number of amides is 1. The highest BCUT2D eigenvalue weighted by Crippen LogP contribution is 2.42. The van der Waals surface area contributed by atoms with Gasteiger partial charge in [0.2, 0.25) is 5.95 Å². The Balaban J connectivity index is 1.29. The fourth-order valence-electron chi connectivity index (χ4n) is 3.68. The van der Waals surface area contributed by atoms with Crippen molar-refractivity contribution in [1.82, 2.24) is 14.9 Å². The van der Waals surface area contributed by atoms with Crippen molar-refractivity contribution in [2.45, 2.75) is 25.4 Å². The molecule has 4 heterocycles. The smallest absolute Gasteiger partial charge is 0.264 e. The van der Waals surface area contributed by atoms with E-state index < -0.39 is 0 Å². The molecule has 0 saturated carbocycles. The van der Waals surface area contributed by atoms with Gasteiger partial charge in [-0.15, -0.1) is 11.3 Å². The molecule has 2 saturated heterocycles. The van der Waals surface area contributed by atoms with Gasteiger partial charge in [0, 0.05) is 25.5 Å². The second-order valence-electron chi connectivity index (χ2n) is 6.84. The second-order valence-corrected chi connectivity index (χ2v) is 7.78. The van der Waals surface area contributed by atoms with Crippen molar-refractivity contribution in [3.8, 4) is 0 Å². The summed E-state index contributed by atoms with van der Waals surface area (Å²) < 4.78 is 6.06. The summed E-state index contributed by atoms with van der Waals surface area (Å²) in [5, 5.41) is 5.23. The molecule has 25 heavy (non-hydrogen) atoms. The first kappa shape index (κ1) is 16.5. The van der Waals surface area contributed by atoms with E-state index in [1.165, 1.54) is 11.3 Å². The molecule has 7 heteroatoms. The SMILES string of the molecule is Cc1cnc(NCCC2CCOC23CN(C(=O)c2cccs2)C3)nc1. The molecular formula is C18H22N4O2S. The van der Waals surface area contributed by atoms with Crippen LogP contribution in [-0.4, -0.2) is 52.6 Å². The number of anilines is 1. The molecule has 1 amide bonds. The molecule has 1 spiro atoms. The van der Waals surface area contributed by atoms with Crippen molar-refractivity contribution < 1.29 is 9.53 Å². The van der Waals surface area contributed by atoms with Gasteiger partial charge in [0.25, 0.3) is 5.91 Å². The van der Waals surface area contributed by atoms with Gasteiger partial charge in [-0.05, 0) is 42.7 Å². The fourth-order valence-corrected chi connectivity index (χ4v) is 4.37. The Bertz CT molecular complexity index is 726. The van der Waals surface area contributed by atoms with Crippen molar-refractivity contribution in [1.29, 1.82) is 0 Å². The van der Waals surface area contributed by atoms with Gasteiger partial charge in [0.15, 0.2) is 0 Å². The molecule has 2 aromatic heterocycles. The monoisotopic (exact) mass is 358 g/mol. The molecule has 2 aromatic rings. The lowest BCUT2D eigenvalue weighted by Gasteiger charge is -2.50. The molecule has 2 aliphatic rings. The van der Waals surface area contributed by atoms with Crippen molar-refractivity contribution in [3.05, 3.63) is 40.3 Å². The third kappa shape index (κ3) is 3.26. The summed E-state index contributed by atoms with van der Waals surface area (Å²) in [4.78, 5) is 23.7. The Morgan fingerprint density at radius 2 is 2.24 bits per heavy atom.